The minimum absolute atomic E-state index is 1.19. The van der Waals surface area contributed by atoms with E-state index in [1.807, 2.05) is 0 Å². The third-order valence-electron chi connectivity index (χ3n) is 13.3. The Bertz CT molecular complexity index is 3610. The number of rotatable bonds is 6. The average molecular weight is 783 g/mol. The Labute approximate surface area is 360 Å². The molecule has 0 nitrogen and oxygen atoms in total. The van der Waals surface area contributed by atoms with Crippen LogP contribution in [0, 0.1) is 0 Å². The zero-order valence-electron chi connectivity index (χ0n) is 33.9. The average Bonchev–Trinajstić information content (AvgIpc) is 3.84. The van der Waals surface area contributed by atoms with Gasteiger partial charge in [-0.1, -0.05) is 218 Å². The number of benzene rings is 11. The van der Waals surface area contributed by atoms with E-state index in [2.05, 4.69) is 231 Å². The van der Waals surface area contributed by atoms with Gasteiger partial charge in [-0.15, -0.1) is 0 Å². The molecule has 0 amide bonds. The lowest BCUT2D eigenvalue weighted by molar-refractivity contribution is 1.52. The van der Waals surface area contributed by atoms with Crippen molar-refractivity contribution < 1.29 is 0 Å². The van der Waals surface area contributed by atoms with Crippen molar-refractivity contribution in [3.05, 3.63) is 231 Å². The van der Waals surface area contributed by atoms with Gasteiger partial charge in [-0.05, 0) is 144 Å². The van der Waals surface area contributed by atoms with E-state index in [1.165, 1.54) is 131 Å². The Morgan fingerprint density at radius 3 is 0.871 bits per heavy atom. The molecule has 13 aromatic carbocycles. The van der Waals surface area contributed by atoms with Crippen molar-refractivity contribution in [2.45, 2.75) is 0 Å². The molecule has 0 aromatic heterocycles. The summed E-state index contributed by atoms with van der Waals surface area (Å²) < 4.78 is 0. The molecule has 0 aliphatic heterocycles. The van der Waals surface area contributed by atoms with E-state index in [4.69, 9.17) is 0 Å². The van der Waals surface area contributed by atoms with Gasteiger partial charge >= 0.3 is 0 Å². The van der Waals surface area contributed by atoms with Crippen molar-refractivity contribution in [2.24, 2.45) is 0 Å². The van der Waals surface area contributed by atoms with Gasteiger partial charge in [-0.25, -0.2) is 0 Å². The standard InChI is InChI=1S/C62H38/c1-6-19-40(20-7-1)56-57(41-21-8-2-9-22-41)59(43-25-12-4-13-26-43)62(60(44-27-14-5-15-28-44)58(56)42-23-10-3-11-24-42)49-35-36-50-54-38-52-47-32-17-30-39-29-16-31-46(55(39)47)51(52)37-53(54)48-34-18-33-45(49)61(48)50/h1-38H. The summed E-state index contributed by atoms with van der Waals surface area (Å²) in [5.41, 5.74) is 14.5. The molecule has 13 aromatic rings. The first kappa shape index (κ1) is 34.8. The molecule has 0 fully saturated rings. The van der Waals surface area contributed by atoms with Crippen LogP contribution in [0.1, 0.15) is 0 Å². The predicted molar refractivity (Wildman–Crippen MR) is 266 cm³/mol. The van der Waals surface area contributed by atoms with Gasteiger partial charge in [0.15, 0.2) is 0 Å². The Hall–Kier alpha value is -8.06. The fourth-order valence-corrected chi connectivity index (χ4v) is 10.8. The quantitative estimate of drug-likeness (QED) is 0.158. The molecule has 0 saturated carbocycles. The second-order valence-electron chi connectivity index (χ2n) is 16.6. The van der Waals surface area contributed by atoms with Crippen LogP contribution in [0.15, 0.2) is 231 Å². The lowest BCUT2D eigenvalue weighted by atomic mass is 9.73. The molecule has 286 valence electrons. The first-order chi connectivity index (χ1) is 30.8. The molecule has 0 unspecified atom stereocenters. The van der Waals surface area contributed by atoms with Gasteiger partial charge in [0.25, 0.3) is 0 Å². The highest BCUT2D eigenvalue weighted by molar-refractivity contribution is 6.38. The molecule has 0 atom stereocenters. The normalized spacial score (nSPS) is 11.9. The van der Waals surface area contributed by atoms with Gasteiger partial charge in [0.2, 0.25) is 0 Å². The zero-order valence-corrected chi connectivity index (χ0v) is 33.9. The minimum Gasteiger partial charge on any atom is -0.0622 e. The lowest BCUT2D eigenvalue weighted by Gasteiger charge is -2.29. The number of fused-ring (bicyclic) bond motifs is 6. The fourth-order valence-electron chi connectivity index (χ4n) is 10.8. The van der Waals surface area contributed by atoms with Crippen molar-refractivity contribution in [1.82, 2.24) is 0 Å². The third kappa shape index (κ3) is 5.08. The molecule has 13 rings (SSSR count). The van der Waals surface area contributed by atoms with Crippen molar-refractivity contribution in [3.8, 4) is 66.8 Å². The van der Waals surface area contributed by atoms with Crippen LogP contribution in [0.4, 0.5) is 0 Å². The van der Waals surface area contributed by atoms with Crippen LogP contribution >= 0.6 is 0 Å². The summed E-state index contributed by atoms with van der Waals surface area (Å²) in [6.07, 6.45) is 0. The van der Waals surface area contributed by atoms with Gasteiger partial charge in [-0.3, -0.25) is 0 Å². The Morgan fingerprint density at radius 1 is 0.177 bits per heavy atom. The van der Waals surface area contributed by atoms with Crippen LogP contribution in [0.3, 0.4) is 0 Å². The molecule has 0 aliphatic carbocycles. The lowest BCUT2D eigenvalue weighted by Crippen LogP contribution is -2.02. The molecule has 0 saturated heterocycles. The van der Waals surface area contributed by atoms with E-state index >= 15 is 0 Å². The zero-order chi connectivity index (χ0) is 40.7. The summed E-state index contributed by atoms with van der Waals surface area (Å²) in [6.45, 7) is 0. The number of hydrogen-bond donors (Lipinski definition) is 0. The Kier molecular flexibility index (Phi) is 7.71. The molecular weight excluding hydrogens is 745 g/mol. The van der Waals surface area contributed by atoms with Crippen molar-refractivity contribution in [1.29, 1.82) is 0 Å². The largest absolute Gasteiger partial charge is 0.0622 e. The highest BCUT2D eigenvalue weighted by Crippen LogP contribution is 2.57. The highest BCUT2D eigenvalue weighted by Gasteiger charge is 2.30. The summed E-state index contributed by atoms with van der Waals surface area (Å²) >= 11 is 0. The van der Waals surface area contributed by atoms with Crippen LogP contribution in [-0.4, -0.2) is 0 Å². The monoisotopic (exact) mass is 782 g/mol. The van der Waals surface area contributed by atoms with E-state index in [-0.39, 0.29) is 0 Å². The molecule has 0 spiro atoms. The topological polar surface area (TPSA) is 0 Å². The maximum atomic E-state index is 2.48. The van der Waals surface area contributed by atoms with E-state index < -0.39 is 0 Å². The van der Waals surface area contributed by atoms with E-state index in [0.29, 0.717) is 0 Å². The van der Waals surface area contributed by atoms with Crippen LogP contribution in [0.5, 0.6) is 0 Å². The van der Waals surface area contributed by atoms with Gasteiger partial charge in [0.05, 0.1) is 0 Å². The van der Waals surface area contributed by atoms with Crippen molar-refractivity contribution >= 4 is 64.6 Å². The van der Waals surface area contributed by atoms with Crippen molar-refractivity contribution in [2.75, 3.05) is 0 Å². The minimum atomic E-state index is 1.19. The number of hydrogen-bond acceptors (Lipinski definition) is 0. The van der Waals surface area contributed by atoms with Gasteiger partial charge in [0.1, 0.15) is 0 Å². The van der Waals surface area contributed by atoms with Crippen molar-refractivity contribution in [3.63, 3.8) is 0 Å². The summed E-state index contributed by atoms with van der Waals surface area (Å²) in [7, 11) is 0. The Morgan fingerprint density at radius 2 is 0.484 bits per heavy atom. The summed E-state index contributed by atoms with van der Waals surface area (Å²) in [6, 6.07) is 85.6. The predicted octanol–water partition coefficient (Wildman–Crippen LogP) is 17.5. The Balaban J connectivity index is 1.25. The molecule has 0 heteroatoms. The second kappa shape index (κ2) is 13.7. The molecule has 0 radical (unpaired) electrons. The maximum Gasteiger partial charge on any atom is -0.000763 e. The molecule has 62 heavy (non-hydrogen) atoms. The van der Waals surface area contributed by atoms with E-state index in [9.17, 15) is 0 Å². The van der Waals surface area contributed by atoms with Gasteiger partial charge < -0.3 is 0 Å². The smallest absolute Gasteiger partial charge is 0.000763 e. The molecule has 0 bridgehead atoms. The van der Waals surface area contributed by atoms with E-state index in [1.54, 1.807) is 0 Å². The SMILES string of the molecule is c1ccc(-c2c(-c3ccccc3)c(-c3ccccc3)c(-c3ccc4c5cc6c(cc5c5cccc3c54)c3cccc4cccc6c43)c(-c3ccccc3)c2-c2ccccc2)cc1. The van der Waals surface area contributed by atoms with Crippen LogP contribution < -0.4 is 0 Å². The summed E-state index contributed by atoms with van der Waals surface area (Å²) in [5, 5.41) is 15.8. The summed E-state index contributed by atoms with van der Waals surface area (Å²) in [4.78, 5) is 0. The summed E-state index contributed by atoms with van der Waals surface area (Å²) in [5.74, 6) is 0. The second-order valence-corrected chi connectivity index (χ2v) is 16.6. The first-order valence-corrected chi connectivity index (χ1v) is 21.6. The fraction of sp³-hybridized carbons (Fsp3) is 0. The first-order valence-electron chi connectivity index (χ1n) is 21.6. The molecular formula is C62H38. The maximum absolute atomic E-state index is 2.48. The molecule has 0 heterocycles. The van der Waals surface area contributed by atoms with Gasteiger partial charge in [0, 0.05) is 0 Å². The third-order valence-corrected chi connectivity index (χ3v) is 13.3. The van der Waals surface area contributed by atoms with E-state index in [0.717, 1.165) is 0 Å². The molecule has 0 N–H and O–H groups in total. The van der Waals surface area contributed by atoms with Crippen LogP contribution in [0.2, 0.25) is 0 Å². The molecule has 0 aliphatic rings. The van der Waals surface area contributed by atoms with Gasteiger partial charge in [-0.2, -0.15) is 0 Å². The van der Waals surface area contributed by atoms with Crippen LogP contribution in [0.25, 0.3) is 131 Å². The van der Waals surface area contributed by atoms with Crippen LogP contribution in [-0.2, 0) is 0 Å². The highest BCUT2D eigenvalue weighted by atomic mass is 14.3.